The van der Waals surface area contributed by atoms with Crippen molar-refractivity contribution in [3.63, 3.8) is 0 Å². The smallest absolute Gasteiger partial charge is 0.326 e. The molecule has 0 fully saturated rings. The highest BCUT2D eigenvalue weighted by Gasteiger charge is 2.32. The van der Waals surface area contributed by atoms with Crippen LogP contribution in [-0.4, -0.2) is 99.8 Å². The fourth-order valence-electron chi connectivity index (χ4n) is 2.87. The topological polar surface area (TPSA) is 273 Å². The lowest BCUT2D eigenvalue weighted by Crippen LogP contribution is -2.59. The summed E-state index contributed by atoms with van der Waals surface area (Å²) in [6.45, 7) is 1.38. The van der Waals surface area contributed by atoms with Gasteiger partial charge in [-0.15, -0.1) is 0 Å². The molecule has 0 aromatic heterocycles. The maximum atomic E-state index is 12.9. The Bertz CT molecular complexity index is 792. The predicted octanol–water partition coefficient (Wildman–Crippen LogP) is -3.09. The van der Waals surface area contributed by atoms with Gasteiger partial charge in [-0.2, -0.15) is 11.8 Å². The number of hydrogen-bond acceptors (Lipinski definition) is 9. The number of carbonyl (C=O) groups is 5. The Balaban J connectivity index is 5.32. The van der Waals surface area contributed by atoms with Gasteiger partial charge in [0, 0.05) is 13.0 Å². The van der Waals surface area contributed by atoms with Gasteiger partial charge in [0.1, 0.15) is 18.1 Å². The molecule has 0 radical (unpaired) electrons. The SMILES string of the molecule is CSCCC(NC(=O)C(N)CCC(=O)O)C(=O)NC(C(=O)NC(CCCN=C(N)N)C(=O)O)C(C)O. The number of hydrogen-bond donors (Lipinski definition) is 9. The Morgan fingerprint density at radius 2 is 1.53 bits per heavy atom. The normalized spacial score (nSPS) is 14.9. The molecule has 206 valence electrons. The minimum absolute atomic E-state index is 0.0149. The van der Waals surface area contributed by atoms with Gasteiger partial charge in [0.25, 0.3) is 0 Å². The maximum Gasteiger partial charge on any atom is 0.326 e. The number of carboxylic acids is 2. The van der Waals surface area contributed by atoms with Gasteiger partial charge >= 0.3 is 11.9 Å². The van der Waals surface area contributed by atoms with Gasteiger partial charge in [0.2, 0.25) is 17.7 Å². The summed E-state index contributed by atoms with van der Waals surface area (Å²) >= 11 is 1.39. The molecule has 3 amide bonds. The summed E-state index contributed by atoms with van der Waals surface area (Å²) in [6.07, 6.45) is 0.278. The lowest BCUT2D eigenvalue weighted by molar-refractivity contribution is -0.143. The molecule has 0 saturated carbocycles. The summed E-state index contributed by atoms with van der Waals surface area (Å²) in [7, 11) is 0. The molecule has 36 heavy (non-hydrogen) atoms. The van der Waals surface area contributed by atoms with Crippen molar-refractivity contribution in [1.82, 2.24) is 16.0 Å². The number of aliphatic carboxylic acids is 2. The first kappa shape index (κ1) is 32.9. The highest BCUT2D eigenvalue weighted by atomic mass is 32.2. The minimum atomic E-state index is -1.52. The monoisotopic (exact) mass is 535 g/mol. The summed E-state index contributed by atoms with van der Waals surface area (Å²) in [5.41, 5.74) is 16.1. The average Bonchev–Trinajstić information content (AvgIpc) is 2.79. The van der Waals surface area contributed by atoms with Crippen molar-refractivity contribution in [2.75, 3.05) is 18.6 Å². The van der Waals surface area contributed by atoms with Crippen LogP contribution in [0.4, 0.5) is 0 Å². The number of aliphatic hydroxyl groups is 1. The van der Waals surface area contributed by atoms with Gasteiger partial charge in [-0.3, -0.25) is 24.2 Å². The zero-order valence-corrected chi connectivity index (χ0v) is 21.1. The molecular weight excluding hydrogens is 498 g/mol. The number of guanidine groups is 1. The third-order valence-electron chi connectivity index (χ3n) is 4.87. The minimum Gasteiger partial charge on any atom is -0.481 e. The zero-order valence-electron chi connectivity index (χ0n) is 20.3. The Labute approximate surface area is 213 Å². The summed E-state index contributed by atoms with van der Waals surface area (Å²) < 4.78 is 0. The van der Waals surface area contributed by atoms with E-state index in [2.05, 4.69) is 20.9 Å². The van der Waals surface area contributed by atoms with Gasteiger partial charge in [-0.25, -0.2) is 4.79 Å². The van der Waals surface area contributed by atoms with E-state index >= 15 is 0 Å². The molecule has 16 heteroatoms. The first-order valence-corrected chi connectivity index (χ1v) is 12.5. The number of nitrogens with one attached hydrogen (secondary N) is 3. The van der Waals surface area contributed by atoms with Crippen LogP contribution in [0.15, 0.2) is 4.99 Å². The molecule has 15 nitrogen and oxygen atoms in total. The van der Waals surface area contributed by atoms with Crippen LogP contribution in [0, 0.1) is 0 Å². The summed E-state index contributed by atoms with van der Waals surface area (Å²) in [5.74, 6) is -4.66. The Hall–Kier alpha value is -3.11. The second kappa shape index (κ2) is 17.3. The summed E-state index contributed by atoms with van der Waals surface area (Å²) in [4.78, 5) is 63.9. The number of aliphatic imine (C=N–C) groups is 1. The van der Waals surface area contributed by atoms with Crippen molar-refractivity contribution in [1.29, 1.82) is 0 Å². The molecule has 5 atom stereocenters. The molecule has 0 spiro atoms. The second-order valence-corrected chi connectivity index (χ2v) is 8.94. The van der Waals surface area contributed by atoms with Gasteiger partial charge < -0.3 is 48.5 Å². The number of nitrogens with two attached hydrogens (primary N) is 3. The van der Waals surface area contributed by atoms with Crippen LogP contribution in [0.3, 0.4) is 0 Å². The van der Waals surface area contributed by atoms with Crippen LogP contribution in [0.25, 0.3) is 0 Å². The molecule has 0 heterocycles. The molecule has 12 N–H and O–H groups in total. The van der Waals surface area contributed by atoms with Gasteiger partial charge in [0.05, 0.1) is 12.1 Å². The number of carboxylic acid groups (broad SMARTS) is 2. The van der Waals surface area contributed by atoms with Gasteiger partial charge in [0.15, 0.2) is 5.96 Å². The third kappa shape index (κ3) is 13.7. The largest absolute Gasteiger partial charge is 0.481 e. The zero-order chi connectivity index (χ0) is 27.8. The van der Waals surface area contributed by atoms with Crippen molar-refractivity contribution in [3.8, 4) is 0 Å². The summed E-state index contributed by atoms with van der Waals surface area (Å²) in [5, 5.41) is 35.3. The molecule has 0 aromatic rings. The first-order chi connectivity index (χ1) is 16.8. The van der Waals surface area contributed by atoms with E-state index in [0.717, 1.165) is 0 Å². The van der Waals surface area contributed by atoms with Crippen LogP contribution in [0.2, 0.25) is 0 Å². The molecule has 0 saturated heterocycles. The van der Waals surface area contributed by atoms with E-state index in [4.69, 9.17) is 22.3 Å². The van der Waals surface area contributed by atoms with E-state index in [-0.39, 0.29) is 44.6 Å². The molecule has 0 aliphatic heterocycles. The van der Waals surface area contributed by atoms with Crippen LogP contribution in [0.5, 0.6) is 0 Å². The Morgan fingerprint density at radius 1 is 0.917 bits per heavy atom. The van der Waals surface area contributed by atoms with E-state index < -0.39 is 59.9 Å². The molecule has 0 bridgehead atoms. The van der Waals surface area contributed by atoms with Crippen LogP contribution in [0.1, 0.15) is 39.0 Å². The number of thioether (sulfide) groups is 1. The molecule has 0 aliphatic rings. The van der Waals surface area contributed by atoms with Crippen molar-refractivity contribution in [3.05, 3.63) is 0 Å². The van der Waals surface area contributed by atoms with Gasteiger partial charge in [-0.05, 0) is 44.6 Å². The van der Waals surface area contributed by atoms with Gasteiger partial charge in [-0.1, -0.05) is 0 Å². The Kier molecular flexibility index (Phi) is 15.8. The molecule has 0 rings (SSSR count). The number of rotatable bonds is 18. The van der Waals surface area contributed by atoms with Crippen molar-refractivity contribution in [2.45, 2.75) is 69.3 Å². The molecule has 0 aliphatic carbocycles. The van der Waals surface area contributed by atoms with Crippen LogP contribution in [-0.2, 0) is 24.0 Å². The lowest BCUT2D eigenvalue weighted by Gasteiger charge is -2.26. The standard InChI is InChI=1S/C20H37N7O8S/c1-10(28)15(18(33)26-13(19(34)35)4-3-8-24-20(22)23)27-17(32)12(7-9-36-2)25-16(31)11(21)5-6-14(29)30/h10-13,15,28H,3-9,21H2,1-2H3,(H,25,31)(H,26,33)(H,27,32)(H,29,30)(H,34,35)(H4,22,23,24). The van der Waals surface area contributed by atoms with E-state index in [0.29, 0.717) is 5.75 Å². The van der Waals surface area contributed by atoms with Crippen LogP contribution < -0.4 is 33.2 Å². The quantitative estimate of drug-likeness (QED) is 0.0479. The Morgan fingerprint density at radius 3 is 2.03 bits per heavy atom. The van der Waals surface area contributed by atoms with Crippen LogP contribution >= 0.6 is 11.8 Å². The van der Waals surface area contributed by atoms with E-state index in [1.165, 1.54) is 18.7 Å². The van der Waals surface area contributed by atoms with E-state index in [1.807, 2.05) is 0 Å². The highest BCUT2D eigenvalue weighted by molar-refractivity contribution is 7.98. The second-order valence-electron chi connectivity index (χ2n) is 7.96. The fraction of sp³-hybridized carbons (Fsp3) is 0.700. The van der Waals surface area contributed by atoms with Crippen molar-refractivity contribution >= 4 is 47.4 Å². The van der Waals surface area contributed by atoms with Crippen molar-refractivity contribution in [2.24, 2.45) is 22.2 Å². The number of aliphatic hydroxyl groups excluding tert-OH is 1. The number of nitrogens with zero attached hydrogens (tertiary/aromatic N) is 1. The predicted molar refractivity (Wildman–Crippen MR) is 133 cm³/mol. The summed E-state index contributed by atoms with van der Waals surface area (Å²) in [6, 6.07) is -5.16. The third-order valence-corrected chi connectivity index (χ3v) is 5.52. The highest BCUT2D eigenvalue weighted by Crippen LogP contribution is 2.06. The molecular formula is C20H37N7O8S. The number of amides is 3. The maximum absolute atomic E-state index is 12.9. The molecule has 5 unspecified atom stereocenters. The van der Waals surface area contributed by atoms with Crippen molar-refractivity contribution < 1.29 is 39.3 Å². The fourth-order valence-corrected chi connectivity index (χ4v) is 3.35. The lowest BCUT2D eigenvalue weighted by atomic mass is 10.1. The average molecular weight is 536 g/mol. The van der Waals surface area contributed by atoms with E-state index in [1.54, 1.807) is 6.26 Å². The van der Waals surface area contributed by atoms with E-state index in [9.17, 15) is 34.2 Å². The first-order valence-electron chi connectivity index (χ1n) is 11.1. The number of carbonyl (C=O) groups excluding carboxylic acids is 3. The molecule has 0 aromatic carbocycles.